The highest BCUT2D eigenvalue weighted by Crippen LogP contribution is 2.32. The summed E-state index contributed by atoms with van der Waals surface area (Å²) < 4.78 is 0. The number of carbonyl (C=O) groups is 4. The molecule has 5 rings (SSSR count). The Morgan fingerprint density at radius 1 is 0.949 bits per heavy atom. The van der Waals surface area contributed by atoms with Gasteiger partial charge >= 0.3 is 0 Å². The number of likely N-dealkylation sites (tertiary alicyclic amines) is 2. The average Bonchev–Trinajstić information content (AvgIpc) is 3.67. The molecule has 2 unspecified atom stereocenters. The number of carbonyl (C=O) groups excluding carboxylic acids is 4. The number of nitrogens with zero attached hydrogens (tertiary/aromatic N) is 2. The molecular formula is C31H33N3O4S. The number of hydrogen-bond acceptors (Lipinski definition) is 5. The molecule has 2 aliphatic heterocycles. The van der Waals surface area contributed by atoms with Crippen molar-refractivity contribution in [3.8, 4) is 0 Å². The Kier molecular flexibility index (Phi) is 7.40. The van der Waals surface area contributed by atoms with Crippen molar-refractivity contribution in [3.05, 3.63) is 93.7 Å². The van der Waals surface area contributed by atoms with Gasteiger partial charge in [-0.2, -0.15) is 0 Å². The first kappa shape index (κ1) is 26.8. The number of rotatable bonds is 6. The maximum atomic E-state index is 13.9. The van der Waals surface area contributed by atoms with Gasteiger partial charge in [-0.25, -0.2) is 0 Å². The van der Waals surface area contributed by atoms with Crippen molar-refractivity contribution in [3.63, 3.8) is 0 Å². The molecule has 0 radical (unpaired) electrons. The first-order valence-corrected chi connectivity index (χ1v) is 14.1. The normalized spacial score (nSPS) is 19.6. The van der Waals surface area contributed by atoms with Gasteiger partial charge in [0.2, 0.25) is 5.91 Å². The number of nitrogens with one attached hydrogen (secondary N) is 1. The summed E-state index contributed by atoms with van der Waals surface area (Å²) in [6, 6.07) is 18.3. The Morgan fingerprint density at radius 2 is 1.67 bits per heavy atom. The fraction of sp³-hybridized carbons (Fsp3) is 0.355. The molecule has 3 heterocycles. The van der Waals surface area contributed by atoms with E-state index in [2.05, 4.69) is 26.1 Å². The lowest BCUT2D eigenvalue weighted by molar-refractivity contribution is -0.138. The van der Waals surface area contributed by atoms with Crippen molar-refractivity contribution in [2.24, 2.45) is 0 Å². The van der Waals surface area contributed by atoms with E-state index in [0.29, 0.717) is 30.5 Å². The minimum absolute atomic E-state index is 0.0189. The second kappa shape index (κ2) is 10.8. The van der Waals surface area contributed by atoms with Crippen LogP contribution in [0.3, 0.4) is 0 Å². The highest BCUT2D eigenvalue weighted by Gasteiger charge is 2.52. The third kappa shape index (κ3) is 5.52. The van der Waals surface area contributed by atoms with Crippen molar-refractivity contribution in [2.75, 3.05) is 13.1 Å². The molecule has 0 saturated carbocycles. The van der Waals surface area contributed by atoms with Crippen LogP contribution in [0.2, 0.25) is 0 Å². The van der Waals surface area contributed by atoms with Crippen LogP contribution in [0.15, 0.2) is 72.1 Å². The summed E-state index contributed by atoms with van der Waals surface area (Å²) in [5, 5.41) is 4.88. The predicted octanol–water partition coefficient (Wildman–Crippen LogP) is 4.08. The number of hydrogen-bond donors (Lipinski definition) is 1. The van der Waals surface area contributed by atoms with Gasteiger partial charge in [0.05, 0.1) is 12.6 Å². The van der Waals surface area contributed by atoms with Crippen molar-refractivity contribution in [2.45, 2.75) is 57.2 Å². The maximum Gasteiger partial charge on any atom is 0.254 e. The molecule has 0 spiro atoms. The zero-order valence-corrected chi connectivity index (χ0v) is 23.2. The standard InChI is InChI=1S/C31H33N3O4S/c1-31(2,3)22-13-11-20(12-14-22)28(36)32-24(18-23-10-7-17-39-23)30(38)33-16-15-25-27(33)26(35)19-34(25)29(37)21-8-5-4-6-9-21/h4-14,17,24-25,27H,15-16,18-19H2,1-3H3,(H,32,36)/t24-,25?,27?/m0/s1. The molecule has 3 amide bonds. The molecule has 8 heteroatoms. The molecule has 0 aliphatic carbocycles. The Labute approximate surface area is 232 Å². The molecule has 2 fully saturated rings. The maximum absolute atomic E-state index is 13.9. The molecule has 1 N–H and O–H groups in total. The van der Waals surface area contributed by atoms with Crippen LogP contribution in [0.5, 0.6) is 0 Å². The van der Waals surface area contributed by atoms with E-state index >= 15 is 0 Å². The van der Waals surface area contributed by atoms with Crippen molar-refractivity contribution in [1.29, 1.82) is 0 Å². The summed E-state index contributed by atoms with van der Waals surface area (Å²) in [5.74, 6) is -0.973. The number of Topliss-reactive ketones (excluding diaryl/α,β-unsaturated/α-hetero) is 1. The van der Waals surface area contributed by atoms with Gasteiger partial charge in [-0.05, 0) is 53.1 Å². The van der Waals surface area contributed by atoms with Crippen molar-refractivity contribution < 1.29 is 19.2 Å². The molecule has 2 aromatic carbocycles. The molecular weight excluding hydrogens is 510 g/mol. The lowest BCUT2D eigenvalue weighted by atomic mass is 9.86. The zero-order valence-electron chi connectivity index (χ0n) is 22.4. The smallest absolute Gasteiger partial charge is 0.254 e. The number of amides is 3. The van der Waals surface area contributed by atoms with E-state index in [1.54, 1.807) is 46.2 Å². The van der Waals surface area contributed by atoms with Gasteiger partial charge in [-0.15, -0.1) is 11.3 Å². The highest BCUT2D eigenvalue weighted by molar-refractivity contribution is 7.09. The first-order chi connectivity index (χ1) is 18.6. The Morgan fingerprint density at radius 3 is 2.31 bits per heavy atom. The Balaban J connectivity index is 1.35. The SMILES string of the molecule is CC(C)(C)c1ccc(C(=O)N[C@@H](Cc2cccs2)C(=O)N2CCC3C2C(=O)CN3C(=O)c2ccccc2)cc1. The summed E-state index contributed by atoms with van der Waals surface area (Å²) in [5.41, 5.74) is 2.07. The number of fused-ring (bicyclic) bond motifs is 1. The summed E-state index contributed by atoms with van der Waals surface area (Å²) in [6.45, 7) is 6.67. The fourth-order valence-corrected chi connectivity index (χ4v) is 6.23. The summed E-state index contributed by atoms with van der Waals surface area (Å²) in [4.78, 5) is 57.6. The van der Waals surface area contributed by atoms with Crippen molar-refractivity contribution in [1.82, 2.24) is 15.1 Å². The van der Waals surface area contributed by atoms with Crippen LogP contribution in [-0.2, 0) is 21.4 Å². The highest BCUT2D eigenvalue weighted by atomic mass is 32.1. The lowest BCUT2D eigenvalue weighted by Gasteiger charge is -2.28. The summed E-state index contributed by atoms with van der Waals surface area (Å²) in [6.07, 6.45) is 0.853. The van der Waals surface area contributed by atoms with Gasteiger partial charge in [-0.1, -0.05) is 57.2 Å². The molecule has 3 aromatic rings. The van der Waals surface area contributed by atoms with Crippen LogP contribution in [0, 0.1) is 0 Å². The Hall–Kier alpha value is -3.78. The molecule has 3 atom stereocenters. The van der Waals surface area contributed by atoms with E-state index in [1.165, 1.54) is 11.3 Å². The van der Waals surface area contributed by atoms with Gasteiger partial charge in [0.1, 0.15) is 12.1 Å². The van der Waals surface area contributed by atoms with Crippen LogP contribution >= 0.6 is 11.3 Å². The van der Waals surface area contributed by atoms with E-state index in [0.717, 1.165) is 10.4 Å². The van der Waals surface area contributed by atoms with E-state index in [1.807, 2.05) is 35.7 Å². The molecule has 2 saturated heterocycles. The molecule has 39 heavy (non-hydrogen) atoms. The minimum atomic E-state index is -0.830. The summed E-state index contributed by atoms with van der Waals surface area (Å²) in [7, 11) is 0. The van der Waals surface area contributed by atoms with E-state index in [9.17, 15) is 19.2 Å². The lowest BCUT2D eigenvalue weighted by Crippen LogP contribution is -2.53. The first-order valence-electron chi connectivity index (χ1n) is 13.3. The monoisotopic (exact) mass is 543 g/mol. The quantitative estimate of drug-likeness (QED) is 0.508. The molecule has 2 aliphatic rings. The van der Waals surface area contributed by atoms with Gasteiger partial charge in [0.15, 0.2) is 5.78 Å². The largest absolute Gasteiger partial charge is 0.340 e. The number of thiophene rings is 1. The zero-order chi connectivity index (χ0) is 27.7. The second-order valence-corrected chi connectivity index (χ2v) is 12.3. The minimum Gasteiger partial charge on any atom is -0.340 e. The molecule has 1 aromatic heterocycles. The number of benzene rings is 2. The third-order valence-corrected chi connectivity index (χ3v) is 8.49. The van der Waals surface area contributed by atoms with Gasteiger partial charge < -0.3 is 15.1 Å². The summed E-state index contributed by atoms with van der Waals surface area (Å²) >= 11 is 1.52. The van der Waals surface area contributed by atoms with Crippen LogP contribution in [-0.4, -0.2) is 64.5 Å². The van der Waals surface area contributed by atoms with E-state index < -0.39 is 12.1 Å². The fourth-order valence-electron chi connectivity index (χ4n) is 5.48. The van der Waals surface area contributed by atoms with Crippen LogP contribution in [0.4, 0.5) is 0 Å². The van der Waals surface area contributed by atoms with Crippen LogP contribution < -0.4 is 5.32 Å². The van der Waals surface area contributed by atoms with E-state index in [4.69, 9.17) is 0 Å². The van der Waals surface area contributed by atoms with Gasteiger partial charge in [-0.3, -0.25) is 19.2 Å². The molecule has 7 nitrogen and oxygen atoms in total. The van der Waals surface area contributed by atoms with Crippen LogP contribution in [0.25, 0.3) is 0 Å². The predicted molar refractivity (Wildman–Crippen MR) is 151 cm³/mol. The van der Waals surface area contributed by atoms with Crippen molar-refractivity contribution >= 4 is 34.8 Å². The van der Waals surface area contributed by atoms with E-state index in [-0.39, 0.29) is 41.5 Å². The molecule has 202 valence electrons. The topological polar surface area (TPSA) is 86.8 Å². The van der Waals surface area contributed by atoms with Crippen LogP contribution in [0.1, 0.15) is 58.3 Å². The second-order valence-electron chi connectivity index (χ2n) is 11.2. The van der Waals surface area contributed by atoms with Gasteiger partial charge in [0.25, 0.3) is 11.8 Å². The van der Waals surface area contributed by atoms with Gasteiger partial charge in [0, 0.05) is 29.0 Å². The molecule has 0 bridgehead atoms. The average molecular weight is 544 g/mol. The number of ketones is 1. The third-order valence-electron chi connectivity index (χ3n) is 7.59. The Bertz CT molecular complexity index is 1360.